The summed E-state index contributed by atoms with van der Waals surface area (Å²) in [6.07, 6.45) is 0.451. The second kappa shape index (κ2) is 13.7. The van der Waals surface area contributed by atoms with E-state index in [1.165, 1.54) is 24.3 Å². The van der Waals surface area contributed by atoms with Crippen molar-refractivity contribution in [2.45, 2.75) is 45.1 Å². The van der Waals surface area contributed by atoms with E-state index in [4.69, 9.17) is 0 Å². The van der Waals surface area contributed by atoms with Gasteiger partial charge in [0.05, 0.1) is 6.42 Å². The molecule has 214 valence electrons. The lowest BCUT2D eigenvalue weighted by molar-refractivity contribution is -0.274. The highest BCUT2D eigenvalue weighted by Crippen LogP contribution is 2.23. The van der Waals surface area contributed by atoms with E-state index >= 15 is 0 Å². The maximum absolute atomic E-state index is 12.4. The summed E-state index contributed by atoms with van der Waals surface area (Å²) in [5.74, 6) is -1.13. The molecule has 0 saturated carbocycles. The number of nitrogens with one attached hydrogen (secondary N) is 2. The quantitative estimate of drug-likeness (QED) is 0.239. The molecule has 0 fully saturated rings. The van der Waals surface area contributed by atoms with E-state index < -0.39 is 12.3 Å². The number of pyridine rings is 2. The zero-order valence-corrected chi connectivity index (χ0v) is 22.4. The molecule has 0 saturated heterocycles. The van der Waals surface area contributed by atoms with E-state index in [1.807, 2.05) is 0 Å². The maximum Gasteiger partial charge on any atom is 0.573 e. The lowest BCUT2D eigenvalue weighted by Gasteiger charge is -2.10. The minimum atomic E-state index is -4.80. The third kappa shape index (κ3) is 9.53. The fourth-order valence-corrected chi connectivity index (χ4v) is 4.56. The summed E-state index contributed by atoms with van der Waals surface area (Å²) in [5.41, 5.74) is 1.23. The zero-order valence-electron chi connectivity index (χ0n) is 21.6. The van der Waals surface area contributed by atoms with Crippen molar-refractivity contribution in [3.05, 3.63) is 98.6 Å². The smallest absolute Gasteiger partial charge is 0.406 e. The van der Waals surface area contributed by atoms with E-state index in [-0.39, 0.29) is 35.2 Å². The third-order valence-corrected chi connectivity index (χ3v) is 6.62. The van der Waals surface area contributed by atoms with Crippen molar-refractivity contribution >= 4 is 28.8 Å². The predicted octanol–water partition coefficient (Wildman–Crippen LogP) is 4.13. The monoisotopic (exact) mass is 586 g/mol. The van der Waals surface area contributed by atoms with Gasteiger partial charge in [-0.3, -0.25) is 19.4 Å². The lowest BCUT2D eigenvalue weighted by atomic mass is 10.2. The van der Waals surface area contributed by atoms with E-state index in [0.29, 0.717) is 47.8 Å². The number of hydrogen-bond donors (Lipinski definition) is 2. The number of carbonyl (C=O) groups excluding carboxylic acids is 2. The molecule has 41 heavy (non-hydrogen) atoms. The van der Waals surface area contributed by atoms with Crippen LogP contribution in [0.2, 0.25) is 0 Å². The molecule has 0 aliphatic heterocycles. The summed E-state index contributed by atoms with van der Waals surface area (Å²) in [7, 11) is 0. The SMILES string of the molecule is O=C(Cc1ccccn1)Nc1ccn(CCCCc2nnc(C(=O)NCc3cccc(OC(F)(F)F)c3)s2)c(=O)c1. The molecule has 0 atom stereocenters. The number of anilines is 1. The number of hydrogen-bond acceptors (Lipinski definition) is 8. The van der Waals surface area contributed by atoms with Crippen LogP contribution >= 0.6 is 11.3 Å². The van der Waals surface area contributed by atoms with Crippen molar-refractivity contribution < 1.29 is 27.5 Å². The van der Waals surface area contributed by atoms with Crippen LogP contribution in [-0.2, 0) is 30.7 Å². The molecule has 4 aromatic rings. The van der Waals surface area contributed by atoms with Crippen molar-refractivity contribution in [1.29, 1.82) is 0 Å². The van der Waals surface area contributed by atoms with E-state index in [2.05, 4.69) is 30.6 Å². The molecule has 0 unspecified atom stereocenters. The Labute approximate surface area is 236 Å². The first-order valence-corrected chi connectivity index (χ1v) is 13.3. The Hall–Kier alpha value is -4.59. The van der Waals surface area contributed by atoms with Crippen LogP contribution < -0.4 is 20.9 Å². The Balaban J connectivity index is 1.19. The van der Waals surface area contributed by atoms with Gasteiger partial charge >= 0.3 is 6.36 Å². The van der Waals surface area contributed by atoms with Crippen LogP contribution in [0.4, 0.5) is 18.9 Å². The van der Waals surface area contributed by atoms with Gasteiger partial charge in [0.1, 0.15) is 10.8 Å². The summed E-state index contributed by atoms with van der Waals surface area (Å²) in [6, 6.07) is 13.7. The van der Waals surface area contributed by atoms with E-state index in [9.17, 15) is 27.6 Å². The maximum atomic E-state index is 12.4. The van der Waals surface area contributed by atoms with Crippen molar-refractivity contribution in [2.24, 2.45) is 0 Å². The fourth-order valence-electron chi connectivity index (χ4n) is 3.76. The summed E-state index contributed by atoms with van der Waals surface area (Å²) >= 11 is 1.12. The predicted molar refractivity (Wildman–Crippen MR) is 144 cm³/mol. The van der Waals surface area contributed by atoms with E-state index in [0.717, 1.165) is 11.3 Å². The van der Waals surface area contributed by atoms with Crippen molar-refractivity contribution in [3.63, 3.8) is 0 Å². The highest BCUT2D eigenvalue weighted by Gasteiger charge is 2.31. The molecule has 0 radical (unpaired) electrons. The molecule has 3 heterocycles. The molecular formula is C27H25F3N6O4S. The number of ether oxygens (including phenoxy) is 1. The van der Waals surface area contributed by atoms with Gasteiger partial charge in [-0.05, 0) is 48.7 Å². The molecule has 3 aromatic heterocycles. The van der Waals surface area contributed by atoms with Gasteiger partial charge in [0.2, 0.25) is 10.9 Å². The number of amides is 2. The molecule has 0 aliphatic rings. The van der Waals surface area contributed by atoms with Gasteiger partial charge in [-0.2, -0.15) is 0 Å². The largest absolute Gasteiger partial charge is 0.573 e. The van der Waals surface area contributed by atoms with Gasteiger partial charge in [0.25, 0.3) is 11.5 Å². The lowest BCUT2D eigenvalue weighted by Crippen LogP contribution is -2.23. The third-order valence-electron chi connectivity index (χ3n) is 5.63. The van der Waals surface area contributed by atoms with E-state index in [1.54, 1.807) is 47.3 Å². The molecule has 0 spiro atoms. The van der Waals surface area contributed by atoms with Gasteiger partial charge in [0, 0.05) is 49.4 Å². The molecule has 14 heteroatoms. The molecule has 1 aromatic carbocycles. The molecule has 0 bridgehead atoms. The summed E-state index contributed by atoms with van der Waals surface area (Å²) < 4.78 is 42.6. The average Bonchev–Trinajstić information content (AvgIpc) is 3.40. The first-order valence-electron chi connectivity index (χ1n) is 12.5. The summed E-state index contributed by atoms with van der Waals surface area (Å²) in [6.45, 7) is 0.453. The Bertz CT molecular complexity index is 1540. The normalized spacial score (nSPS) is 11.2. The number of benzene rings is 1. The zero-order chi connectivity index (χ0) is 29.2. The van der Waals surface area contributed by atoms with Crippen LogP contribution in [-0.4, -0.2) is 37.9 Å². The van der Waals surface area contributed by atoms with Crippen LogP contribution in [0.1, 0.15) is 38.9 Å². The van der Waals surface area contributed by atoms with Crippen molar-refractivity contribution in [2.75, 3.05) is 5.32 Å². The Morgan fingerprint density at radius 2 is 1.88 bits per heavy atom. The second-order valence-electron chi connectivity index (χ2n) is 8.83. The minimum Gasteiger partial charge on any atom is -0.406 e. The minimum absolute atomic E-state index is 0.00966. The van der Waals surface area contributed by atoms with Gasteiger partial charge in [-0.15, -0.1) is 23.4 Å². The van der Waals surface area contributed by atoms with Crippen LogP contribution in [0.5, 0.6) is 5.75 Å². The van der Waals surface area contributed by atoms with Crippen LogP contribution in [0.25, 0.3) is 0 Å². The topological polar surface area (TPSA) is 128 Å². The fraction of sp³-hybridized carbons (Fsp3) is 0.259. The summed E-state index contributed by atoms with van der Waals surface area (Å²) in [4.78, 5) is 41.1. The Morgan fingerprint density at radius 3 is 2.63 bits per heavy atom. The number of alkyl halides is 3. The van der Waals surface area contributed by atoms with Gasteiger partial charge in [-0.1, -0.05) is 29.5 Å². The highest BCUT2D eigenvalue weighted by atomic mass is 32.1. The molecule has 0 aliphatic carbocycles. The van der Waals surface area contributed by atoms with Gasteiger partial charge < -0.3 is 19.9 Å². The van der Waals surface area contributed by atoms with Gasteiger partial charge in [0.15, 0.2) is 0 Å². The number of unbranched alkanes of at least 4 members (excludes halogenated alkanes) is 1. The summed E-state index contributed by atoms with van der Waals surface area (Å²) in [5, 5.41) is 14.0. The van der Waals surface area contributed by atoms with Crippen LogP contribution in [0, 0.1) is 0 Å². The Kier molecular flexibility index (Phi) is 9.79. The molecule has 4 rings (SSSR count). The van der Waals surface area contributed by atoms with Crippen LogP contribution in [0.15, 0.2) is 71.8 Å². The second-order valence-corrected chi connectivity index (χ2v) is 9.89. The number of halogens is 3. The first-order chi connectivity index (χ1) is 19.6. The van der Waals surface area contributed by atoms with Crippen molar-refractivity contribution in [1.82, 2.24) is 25.1 Å². The molecule has 2 N–H and O–H groups in total. The number of nitrogens with zero attached hydrogens (tertiary/aromatic N) is 4. The highest BCUT2D eigenvalue weighted by molar-refractivity contribution is 7.13. The molecular weight excluding hydrogens is 561 g/mol. The first kappa shape index (κ1) is 29.4. The Morgan fingerprint density at radius 1 is 1.02 bits per heavy atom. The average molecular weight is 587 g/mol. The number of rotatable bonds is 12. The van der Waals surface area contributed by atoms with Gasteiger partial charge in [-0.25, -0.2) is 0 Å². The number of carbonyl (C=O) groups is 2. The number of aromatic nitrogens is 4. The van der Waals surface area contributed by atoms with Crippen LogP contribution in [0.3, 0.4) is 0 Å². The van der Waals surface area contributed by atoms with Crippen molar-refractivity contribution in [3.8, 4) is 5.75 Å². The molecule has 10 nitrogen and oxygen atoms in total. The number of aryl methyl sites for hydroxylation is 2. The molecule has 2 amide bonds. The standard InChI is InChI=1S/C27H25F3N6O4S/c28-27(29,30)40-21-8-5-6-18(14-21)17-32-25(39)26-35-34-23(41-26)9-2-4-12-36-13-10-20(16-24(36)38)33-22(37)15-19-7-1-3-11-31-19/h1,3,5-8,10-11,13-14,16H,2,4,9,12,15,17H2,(H,32,39)(H,33,37).